The summed E-state index contributed by atoms with van der Waals surface area (Å²) in [6.45, 7) is -0.0277. The largest absolute Gasteiger partial charge is 0.573 e. The molecule has 2 bridgehead atoms. The van der Waals surface area contributed by atoms with Gasteiger partial charge in [0, 0.05) is 5.39 Å². The van der Waals surface area contributed by atoms with Gasteiger partial charge in [-0.25, -0.2) is 4.79 Å². The van der Waals surface area contributed by atoms with Crippen LogP contribution in [-0.4, -0.2) is 29.4 Å². The second-order valence-electron chi connectivity index (χ2n) is 9.38. The Bertz CT molecular complexity index is 1350. The summed E-state index contributed by atoms with van der Waals surface area (Å²) in [5.74, 6) is -1.43. The second kappa shape index (κ2) is 9.80. The minimum Gasteiger partial charge on any atom is -0.487 e. The number of nitrogens with one attached hydrogen (secondary N) is 1. The van der Waals surface area contributed by atoms with Crippen LogP contribution in [0.15, 0.2) is 72.8 Å². The van der Waals surface area contributed by atoms with Gasteiger partial charge in [0.15, 0.2) is 0 Å². The van der Waals surface area contributed by atoms with Gasteiger partial charge in [-0.3, -0.25) is 4.79 Å². The molecule has 2 aliphatic carbocycles. The van der Waals surface area contributed by atoms with Gasteiger partial charge in [0.25, 0.3) is 5.91 Å². The van der Waals surface area contributed by atoms with Crippen molar-refractivity contribution in [2.75, 3.05) is 0 Å². The lowest BCUT2D eigenvalue weighted by Gasteiger charge is -2.26. The van der Waals surface area contributed by atoms with Crippen molar-refractivity contribution in [3.8, 4) is 11.5 Å². The Morgan fingerprint density at radius 1 is 1.00 bits per heavy atom. The zero-order chi connectivity index (χ0) is 26.2. The molecule has 0 aromatic heterocycles. The summed E-state index contributed by atoms with van der Waals surface area (Å²) in [6.07, 6.45) is 0.982. The zero-order valence-corrected chi connectivity index (χ0v) is 19.6. The maximum atomic E-state index is 13.4. The molecule has 0 heterocycles. The van der Waals surface area contributed by atoms with Crippen molar-refractivity contribution in [2.24, 2.45) is 17.8 Å². The first-order valence-electron chi connectivity index (χ1n) is 11.9. The average molecular weight is 511 g/mol. The van der Waals surface area contributed by atoms with Crippen molar-refractivity contribution in [3.63, 3.8) is 0 Å². The van der Waals surface area contributed by atoms with Gasteiger partial charge in [-0.1, -0.05) is 54.6 Å². The van der Waals surface area contributed by atoms with Crippen LogP contribution in [0, 0.1) is 17.8 Å². The lowest BCUT2D eigenvalue weighted by Crippen LogP contribution is -2.47. The Balaban J connectivity index is 1.38. The van der Waals surface area contributed by atoms with E-state index in [1.54, 1.807) is 24.3 Å². The van der Waals surface area contributed by atoms with Crippen LogP contribution in [-0.2, 0) is 11.4 Å². The van der Waals surface area contributed by atoms with Crippen molar-refractivity contribution < 1.29 is 37.3 Å². The fourth-order valence-corrected chi connectivity index (χ4v) is 5.30. The van der Waals surface area contributed by atoms with E-state index in [1.807, 2.05) is 18.2 Å². The van der Waals surface area contributed by atoms with Crippen LogP contribution in [0.4, 0.5) is 13.2 Å². The average Bonchev–Trinajstić information content (AvgIpc) is 3.49. The van der Waals surface area contributed by atoms with E-state index in [1.165, 1.54) is 24.3 Å². The summed E-state index contributed by atoms with van der Waals surface area (Å²) < 4.78 is 47.2. The first-order valence-corrected chi connectivity index (χ1v) is 11.9. The number of alkyl halides is 3. The molecule has 3 aromatic carbocycles. The summed E-state index contributed by atoms with van der Waals surface area (Å²) in [4.78, 5) is 25.5. The Hall–Kier alpha value is -4.01. The van der Waals surface area contributed by atoms with Gasteiger partial charge in [0.05, 0.1) is 5.56 Å². The number of hydrogen-bond acceptors (Lipinski definition) is 4. The third-order valence-electron chi connectivity index (χ3n) is 6.98. The molecule has 3 aromatic rings. The maximum Gasteiger partial charge on any atom is 0.573 e. The number of carbonyl (C=O) groups is 2. The first kappa shape index (κ1) is 24.7. The minimum absolute atomic E-state index is 0.0277. The monoisotopic (exact) mass is 511 g/mol. The van der Waals surface area contributed by atoms with Gasteiger partial charge >= 0.3 is 12.3 Å². The van der Waals surface area contributed by atoms with Gasteiger partial charge < -0.3 is 19.9 Å². The number of allylic oxidation sites excluding steroid dienone is 2. The highest BCUT2D eigenvalue weighted by molar-refractivity contribution is 6.04. The van der Waals surface area contributed by atoms with E-state index in [9.17, 15) is 27.9 Å². The van der Waals surface area contributed by atoms with E-state index in [4.69, 9.17) is 4.74 Å². The number of fused-ring (bicyclic) bond motifs is 3. The third kappa shape index (κ3) is 5.40. The van der Waals surface area contributed by atoms with Crippen LogP contribution >= 0.6 is 0 Å². The molecule has 3 unspecified atom stereocenters. The lowest BCUT2D eigenvalue weighted by molar-refractivity contribution is -0.274. The fraction of sp³-hybridized carbons (Fsp3) is 0.286. The molecule has 4 atom stereocenters. The van der Waals surface area contributed by atoms with Crippen molar-refractivity contribution >= 4 is 22.6 Å². The van der Waals surface area contributed by atoms with E-state index < -0.39 is 24.3 Å². The van der Waals surface area contributed by atoms with E-state index in [-0.39, 0.29) is 35.5 Å². The molecular formula is C28H24F3NO5. The van der Waals surface area contributed by atoms with Crippen molar-refractivity contribution in [2.45, 2.75) is 31.9 Å². The predicted molar refractivity (Wildman–Crippen MR) is 129 cm³/mol. The normalized spacial score (nSPS) is 21.1. The highest BCUT2D eigenvalue weighted by atomic mass is 19.4. The molecule has 37 heavy (non-hydrogen) atoms. The van der Waals surface area contributed by atoms with Crippen LogP contribution in [0.25, 0.3) is 10.8 Å². The molecule has 9 heteroatoms. The number of ether oxygens (including phenoxy) is 2. The molecule has 6 nitrogen and oxygen atoms in total. The molecule has 2 aliphatic rings. The van der Waals surface area contributed by atoms with E-state index >= 15 is 0 Å². The van der Waals surface area contributed by atoms with Crippen LogP contribution in [0.1, 0.15) is 28.8 Å². The molecule has 1 fully saturated rings. The Morgan fingerprint density at radius 2 is 1.76 bits per heavy atom. The molecule has 0 spiro atoms. The number of carbonyl (C=O) groups excluding carboxylic acids is 1. The fourth-order valence-electron chi connectivity index (χ4n) is 5.30. The number of aliphatic carboxylic acids is 1. The number of carboxylic acids is 1. The van der Waals surface area contributed by atoms with Gasteiger partial charge in [-0.2, -0.15) is 0 Å². The van der Waals surface area contributed by atoms with Crippen LogP contribution < -0.4 is 14.8 Å². The Kier molecular flexibility index (Phi) is 6.54. The molecule has 0 radical (unpaired) electrons. The standard InChI is InChI=1S/C28H24F3NO5/c29-28(30,31)37-20-10-6-16(7-11-20)15-36-25-21-4-2-1-3-18(21)9-12-22(25)26(33)32-24(27(34)35)23-14-17-5-8-19(23)13-17/h1-12,17,19,23-24H,13-15H2,(H,32,33)(H,34,35)/t17?,19?,23?,24-/m0/s1. The van der Waals surface area contributed by atoms with E-state index in [0.717, 1.165) is 11.8 Å². The summed E-state index contributed by atoms with van der Waals surface area (Å²) in [6, 6.07) is 14.8. The van der Waals surface area contributed by atoms with Crippen LogP contribution in [0.3, 0.4) is 0 Å². The molecule has 192 valence electrons. The number of carboxylic acid groups (broad SMARTS) is 1. The smallest absolute Gasteiger partial charge is 0.487 e. The third-order valence-corrected chi connectivity index (χ3v) is 6.98. The molecule has 1 saturated carbocycles. The topological polar surface area (TPSA) is 84.9 Å². The van der Waals surface area contributed by atoms with Crippen molar-refractivity contribution in [3.05, 3.63) is 83.9 Å². The van der Waals surface area contributed by atoms with Gasteiger partial charge in [0.1, 0.15) is 24.1 Å². The summed E-state index contributed by atoms with van der Waals surface area (Å²) in [7, 11) is 0. The van der Waals surface area contributed by atoms with Crippen molar-refractivity contribution in [1.82, 2.24) is 5.32 Å². The number of rotatable bonds is 8. The summed E-state index contributed by atoms with van der Waals surface area (Å²) in [5, 5.41) is 14.1. The minimum atomic E-state index is -4.79. The van der Waals surface area contributed by atoms with Crippen molar-refractivity contribution in [1.29, 1.82) is 0 Å². The van der Waals surface area contributed by atoms with E-state index in [2.05, 4.69) is 16.1 Å². The molecule has 2 N–H and O–H groups in total. The molecule has 1 amide bonds. The van der Waals surface area contributed by atoms with Gasteiger partial charge in [0.2, 0.25) is 0 Å². The second-order valence-corrected chi connectivity index (χ2v) is 9.38. The van der Waals surface area contributed by atoms with Crippen LogP contribution in [0.5, 0.6) is 11.5 Å². The molecular weight excluding hydrogens is 487 g/mol. The summed E-state index contributed by atoms with van der Waals surface area (Å²) >= 11 is 0. The highest BCUT2D eigenvalue weighted by Gasteiger charge is 2.43. The SMILES string of the molecule is O=C(N[C@H](C(=O)O)C1CC2C=CC1C2)c1ccc2ccccc2c1OCc1ccc(OC(F)(F)F)cc1. The summed E-state index contributed by atoms with van der Waals surface area (Å²) in [5.41, 5.74) is 0.742. The quantitative estimate of drug-likeness (QED) is 0.379. The van der Waals surface area contributed by atoms with Gasteiger partial charge in [-0.15, -0.1) is 13.2 Å². The lowest BCUT2D eigenvalue weighted by atomic mass is 9.86. The first-order chi connectivity index (χ1) is 17.7. The Labute approximate surface area is 210 Å². The molecule has 5 rings (SSSR count). The zero-order valence-electron chi connectivity index (χ0n) is 19.6. The maximum absolute atomic E-state index is 13.4. The highest BCUT2D eigenvalue weighted by Crippen LogP contribution is 2.45. The predicted octanol–water partition coefficient (Wildman–Crippen LogP) is 5.71. The molecule has 0 saturated heterocycles. The molecule has 0 aliphatic heterocycles. The van der Waals surface area contributed by atoms with E-state index in [0.29, 0.717) is 23.3 Å². The Morgan fingerprint density at radius 3 is 2.41 bits per heavy atom. The van der Waals surface area contributed by atoms with Gasteiger partial charge in [-0.05, 0) is 59.7 Å². The number of amides is 1. The number of hydrogen-bond donors (Lipinski definition) is 2. The number of halogens is 3. The number of benzene rings is 3. The van der Waals surface area contributed by atoms with Crippen LogP contribution in [0.2, 0.25) is 0 Å².